The Hall–Kier alpha value is -2.89. The minimum absolute atomic E-state index is 0.270. The van der Waals surface area contributed by atoms with Gasteiger partial charge >= 0.3 is 6.18 Å². The van der Waals surface area contributed by atoms with Crippen LogP contribution in [0.1, 0.15) is 21.6 Å². The number of nitrogens with zero attached hydrogens (tertiary/aromatic N) is 1. The number of pyridine rings is 1. The SMILES string of the molecule is Cc1cc(C(=O)Nc2ccccc2C(F)(F)F)c2ccccc2n1. The second-order valence-corrected chi connectivity index (χ2v) is 5.33. The molecule has 0 unspecified atom stereocenters. The lowest BCUT2D eigenvalue weighted by molar-refractivity contribution is -0.136. The normalized spacial score (nSPS) is 11.5. The molecule has 0 aliphatic rings. The van der Waals surface area contributed by atoms with Crippen LogP contribution in [0.5, 0.6) is 0 Å². The molecule has 0 saturated heterocycles. The Morgan fingerprint density at radius 2 is 1.71 bits per heavy atom. The van der Waals surface area contributed by atoms with Crippen molar-refractivity contribution in [1.82, 2.24) is 4.98 Å². The summed E-state index contributed by atoms with van der Waals surface area (Å²) >= 11 is 0. The van der Waals surface area contributed by atoms with E-state index in [4.69, 9.17) is 0 Å². The van der Waals surface area contributed by atoms with Crippen molar-refractivity contribution in [2.75, 3.05) is 5.32 Å². The zero-order valence-electron chi connectivity index (χ0n) is 12.7. The third-order valence-electron chi connectivity index (χ3n) is 3.57. The van der Waals surface area contributed by atoms with E-state index in [0.29, 0.717) is 16.6 Å². The van der Waals surface area contributed by atoms with E-state index in [1.54, 1.807) is 37.3 Å². The van der Waals surface area contributed by atoms with E-state index in [1.165, 1.54) is 18.2 Å². The Labute approximate surface area is 136 Å². The van der Waals surface area contributed by atoms with Crippen LogP contribution >= 0.6 is 0 Å². The van der Waals surface area contributed by atoms with Gasteiger partial charge in [-0.3, -0.25) is 9.78 Å². The Morgan fingerprint density at radius 3 is 2.46 bits per heavy atom. The molecule has 2 aromatic carbocycles. The summed E-state index contributed by atoms with van der Waals surface area (Å²) in [5.41, 5.74) is 0.367. The number of hydrogen-bond acceptors (Lipinski definition) is 2. The summed E-state index contributed by atoms with van der Waals surface area (Å²) < 4.78 is 39.2. The van der Waals surface area contributed by atoms with Crippen LogP contribution in [0.2, 0.25) is 0 Å². The Bertz CT molecular complexity index is 920. The van der Waals surface area contributed by atoms with Crippen LogP contribution in [-0.2, 0) is 6.18 Å². The molecule has 1 amide bonds. The Kier molecular flexibility index (Phi) is 3.97. The molecule has 0 spiro atoms. The van der Waals surface area contributed by atoms with Crippen LogP contribution in [0.15, 0.2) is 54.6 Å². The molecular weight excluding hydrogens is 317 g/mol. The molecule has 1 heterocycles. The van der Waals surface area contributed by atoms with Crippen molar-refractivity contribution in [2.24, 2.45) is 0 Å². The number of alkyl halides is 3. The van der Waals surface area contributed by atoms with Gasteiger partial charge in [0.05, 0.1) is 22.3 Å². The number of rotatable bonds is 2. The number of nitrogens with one attached hydrogen (secondary N) is 1. The standard InChI is InChI=1S/C18H13F3N2O/c1-11-10-13(12-6-2-4-8-15(12)22-11)17(24)23-16-9-5-3-7-14(16)18(19,20)21/h2-10H,1H3,(H,23,24). The van der Waals surface area contributed by atoms with Crippen molar-refractivity contribution in [1.29, 1.82) is 0 Å². The molecule has 0 bridgehead atoms. The molecule has 6 heteroatoms. The number of carbonyl (C=O) groups excluding carboxylic acids is 1. The molecule has 1 N–H and O–H groups in total. The number of benzene rings is 2. The number of amides is 1. The number of aromatic nitrogens is 1. The lowest BCUT2D eigenvalue weighted by Crippen LogP contribution is -2.17. The highest BCUT2D eigenvalue weighted by Gasteiger charge is 2.33. The average molecular weight is 330 g/mol. The molecular formula is C18H13F3N2O. The van der Waals surface area contributed by atoms with Crippen molar-refractivity contribution in [2.45, 2.75) is 13.1 Å². The first-order chi connectivity index (χ1) is 11.4. The van der Waals surface area contributed by atoms with E-state index < -0.39 is 17.6 Å². The van der Waals surface area contributed by atoms with Gasteiger partial charge in [0.25, 0.3) is 5.91 Å². The highest BCUT2D eigenvalue weighted by atomic mass is 19.4. The fraction of sp³-hybridized carbons (Fsp3) is 0.111. The largest absolute Gasteiger partial charge is 0.418 e. The maximum Gasteiger partial charge on any atom is 0.418 e. The van der Waals surface area contributed by atoms with Gasteiger partial charge < -0.3 is 5.32 Å². The third kappa shape index (κ3) is 3.08. The first-order valence-electron chi connectivity index (χ1n) is 7.20. The lowest BCUT2D eigenvalue weighted by atomic mass is 10.1. The molecule has 0 radical (unpaired) electrons. The predicted molar refractivity (Wildman–Crippen MR) is 85.9 cm³/mol. The second-order valence-electron chi connectivity index (χ2n) is 5.33. The number of para-hydroxylation sites is 2. The van der Waals surface area contributed by atoms with Gasteiger partial charge in [0, 0.05) is 11.1 Å². The summed E-state index contributed by atoms with van der Waals surface area (Å²) in [5, 5.41) is 2.95. The number of carbonyl (C=O) groups is 1. The van der Waals surface area contributed by atoms with Gasteiger partial charge in [0.15, 0.2) is 0 Å². The highest BCUT2D eigenvalue weighted by molar-refractivity contribution is 6.12. The molecule has 3 aromatic rings. The summed E-state index contributed by atoms with van der Waals surface area (Å²) in [6.45, 7) is 1.73. The minimum atomic E-state index is -4.54. The molecule has 1 aromatic heterocycles. The van der Waals surface area contributed by atoms with Crippen molar-refractivity contribution >= 4 is 22.5 Å². The van der Waals surface area contributed by atoms with E-state index in [1.807, 2.05) is 0 Å². The zero-order valence-corrected chi connectivity index (χ0v) is 12.7. The van der Waals surface area contributed by atoms with E-state index in [9.17, 15) is 18.0 Å². The molecule has 0 aliphatic carbocycles. The summed E-state index contributed by atoms with van der Waals surface area (Å²) in [4.78, 5) is 16.9. The van der Waals surface area contributed by atoms with Gasteiger partial charge in [-0.25, -0.2) is 0 Å². The quantitative estimate of drug-likeness (QED) is 0.732. The summed E-state index contributed by atoms with van der Waals surface area (Å²) in [7, 11) is 0. The van der Waals surface area contributed by atoms with Crippen LogP contribution < -0.4 is 5.32 Å². The van der Waals surface area contributed by atoms with Crippen LogP contribution in [0.3, 0.4) is 0 Å². The van der Waals surface area contributed by atoms with Crippen LogP contribution in [0.4, 0.5) is 18.9 Å². The van der Waals surface area contributed by atoms with E-state index in [2.05, 4.69) is 10.3 Å². The molecule has 24 heavy (non-hydrogen) atoms. The van der Waals surface area contributed by atoms with Crippen LogP contribution in [-0.4, -0.2) is 10.9 Å². The van der Waals surface area contributed by atoms with Gasteiger partial charge in [-0.1, -0.05) is 30.3 Å². The molecule has 0 aliphatic heterocycles. The van der Waals surface area contributed by atoms with E-state index in [0.717, 1.165) is 6.07 Å². The highest BCUT2D eigenvalue weighted by Crippen LogP contribution is 2.34. The second kappa shape index (κ2) is 5.96. The monoisotopic (exact) mass is 330 g/mol. The van der Waals surface area contributed by atoms with Crippen molar-refractivity contribution in [3.05, 3.63) is 71.4 Å². The molecule has 0 saturated carbocycles. The summed E-state index contributed by atoms with van der Waals surface area (Å²) in [5.74, 6) is -0.603. The smallest absolute Gasteiger partial charge is 0.321 e. The molecule has 0 atom stereocenters. The van der Waals surface area contributed by atoms with Gasteiger partial charge in [0.1, 0.15) is 0 Å². The average Bonchev–Trinajstić information content (AvgIpc) is 2.53. The lowest BCUT2D eigenvalue weighted by Gasteiger charge is -2.14. The van der Waals surface area contributed by atoms with Gasteiger partial charge in [-0.2, -0.15) is 13.2 Å². The molecule has 122 valence electrons. The summed E-state index contributed by atoms with van der Waals surface area (Å²) in [6, 6.07) is 13.5. The topological polar surface area (TPSA) is 42.0 Å². The van der Waals surface area contributed by atoms with E-state index >= 15 is 0 Å². The van der Waals surface area contributed by atoms with Crippen molar-refractivity contribution in [3.63, 3.8) is 0 Å². The predicted octanol–water partition coefficient (Wildman–Crippen LogP) is 4.81. The Morgan fingerprint density at radius 1 is 1.04 bits per heavy atom. The first kappa shape index (κ1) is 16.0. The zero-order chi connectivity index (χ0) is 17.3. The molecule has 0 fully saturated rings. The number of aryl methyl sites for hydroxylation is 1. The van der Waals surface area contributed by atoms with Crippen molar-refractivity contribution < 1.29 is 18.0 Å². The van der Waals surface area contributed by atoms with Gasteiger partial charge in [-0.05, 0) is 31.2 Å². The van der Waals surface area contributed by atoms with Gasteiger partial charge in [0.2, 0.25) is 0 Å². The number of hydrogen-bond donors (Lipinski definition) is 1. The maximum atomic E-state index is 13.1. The van der Waals surface area contributed by atoms with Gasteiger partial charge in [-0.15, -0.1) is 0 Å². The molecule has 3 nitrogen and oxygen atoms in total. The van der Waals surface area contributed by atoms with Crippen molar-refractivity contribution in [3.8, 4) is 0 Å². The summed E-state index contributed by atoms with van der Waals surface area (Å²) in [6.07, 6.45) is -4.54. The number of anilines is 1. The van der Waals surface area contributed by atoms with Crippen LogP contribution in [0, 0.1) is 6.92 Å². The minimum Gasteiger partial charge on any atom is -0.321 e. The first-order valence-corrected chi connectivity index (χ1v) is 7.20. The number of fused-ring (bicyclic) bond motifs is 1. The molecule has 3 rings (SSSR count). The third-order valence-corrected chi connectivity index (χ3v) is 3.57. The Balaban J connectivity index is 2.04. The maximum absolute atomic E-state index is 13.1. The number of halogens is 3. The van der Waals surface area contributed by atoms with Crippen LogP contribution in [0.25, 0.3) is 10.9 Å². The fourth-order valence-corrected chi connectivity index (χ4v) is 2.52. The van der Waals surface area contributed by atoms with E-state index in [-0.39, 0.29) is 11.3 Å². The fourth-order valence-electron chi connectivity index (χ4n) is 2.52.